The third-order valence-electron chi connectivity index (χ3n) is 3.51. The SMILES string of the molecule is CCOc1ccccc1/C=C/C(=O)NCCCOCc1ccccc1. The van der Waals surface area contributed by atoms with Gasteiger partial charge in [-0.15, -0.1) is 0 Å². The van der Waals surface area contributed by atoms with Crippen LogP contribution in [0.15, 0.2) is 60.7 Å². The first-order valence-electron chi connectivity index (χ1n) is 8.59. The van der Waals surface area contributed by atoms with Crippen molar-refractivity contribution in [2.75, 3.05) is 19.8 Å². The molecule has 2 rings (SSSR count). The number of benzene rings is 2. The van der Waals surface area contributed by atoms with Crippen LogP contribution in [0, 0.1) is 0 Å². The predicted molar refractivity (Wildman–Crippen MR) is 100 cm³/mol. The van der Waals surface area contributed by atoms with Gasteiger partial charge in [0.05, 0.1) is 13.2 Å². The first-order chi connectivity index (χ1) is 12.3. The van der Waals surface area contributed by atoms with Crippen molar-refractivity contribution in [1.29, 1.82) is 0 Å². The molecule has 0 aliphatic heterocycles. The number of hydrogen-bond acceptors (Lipinski definition) is 3. The van der Waals surface area contributed by atoms with Gasteiger partial charge in [0.1, 0.15) is 5.75 Å². The first-order valence-corrected chi connectivity index (χ1v) is 8.59. The number of ether oxygens (including phenoxy) is 2. The molecule has 0 aliphatic carbocycles. The van der Waals surface area contributed by atoms with E-state index in [0.29, 0.717) is 26.4 Å². The van der Waals surface area contributed by atoms with E-state index in [1.165, 1.54) is 6.08 Å². The second kappa shape index (κ2) is 11.0. The number of nitrogens with one attached hydrogen (secondary N) is 1. The van der Waals surface area contributed by atoms with E-state index < -0.39 is 0 Å². The average Bonchev–Trinajstić information content (AvgIpc) is 2.65. The average molecular weight is 339 g/mol. The Morgan fingerprint density at radius 2 is 1.84 bits per heavy atom. The molecule has 0 radical (unpaired) electrons. The summed E-state index contributed by atoms with van der Waals surface area (Å²) in [7, 11) is 0. The lowest BCUT2D eigenvalue weighted by atomic mass is 10.2. The fourth-order valence-electron chi connectivity index (χ4n) is 2.28. The van der Waals surface area contributed by atoms with Crippen LogP contribution < -0.4 is 10.1 Å². The molecule has 2 aromatic carbocycles. The van der Waals surface area contributed by atoms with E-state index in [2.05, 4.69) is 5.32 Å². The highest BCUT2D eigenvalue weighted by atomic mass is 16.5. The second-order valence-electron chi connectivity index (χ2n) is 5.49. The van der Waals surface area contributed by atoms with Gasteiger partial charge < -0.3 is 14.8 Å². The maximum atomic E-state index is 11.9. The highest BCUT2D eigenvalue weighted by Crippen LogP contribution is 2.19. The normalized spacial score (nSPS) is 10.8. The van der Waals surface area contributed by atoms with E-state index in [-0.39, 0.29) is 5.91 Å². The van der Waals surface area contributed by atoms with Gasteiger partial charge in [-0.2, -0.15) is 0 Å². The molecule has 0 unspecified atom stereocenters. The van der Waals surface area contributed by atoms with Crippen LogP contribution in [0.1, 0.15) is 24.5 Å². The summed E-state index contributed by atoms with van der Waals surface area (Å²) in [5.74, 6) is 0.665. The van der Waals surface area contributed by atoms with E-state index in [1.54, 1.807) is 6.08 Å². The Morgan fingerprint density at radius 3 is 2.64 bits per heavy atom. The Morgan fingerprint density at radius 1 is 1.08 bits per heavy atom. The topological polar surface area (TPSA) is 47.6 Å². The summed E-state index contributed by atoms with van der Waals surface area (Å²) in [5.41, 5.74) is 2.05. The zero-order chi connectivity index (χ0) is 17.7. The maximum absolute atomic E-state index is 11.9. The van der Waals surface area contributed by atoms with Crippen molar-refractivity contribution in [3.05, 3.63) is 71.8 Å². The minimum Gasteiger partial charge on any atom is -0.493 e. The molecule has 4 heteroatoms. The summed E-state index contributed by atoms with van der Waals surface area (Å²) < 4.78 is 11.1. The zero-order valence-corrected chi connectivity index (χ0v) is 14.6. The fraction of sp³-hybridized carbons (Fsp3) is 0.286. The number of amides is 1. The number of para-hydroxylation sites is 1. The molecule has 0 heterocycles. The van der Waals surface area contributed by atoms with Crippen LogP contribution in [0.5, 0.6) is 5.75 Å². The van der Waals surface area contributed by atoms with Crippen molar-refractivity contribution in [2.24, 2.45) is 0 Å². The Bertz CT molecular complexity index is 668. The quantitative estimate of drug-likeness (QED) is 0.529. The van der Waals surface area contributed by atoms with Crippen molar-refractivity contribution in [1.82, 2.24) is 5.32 Å². The Labute approximate surface area is 149 Å². The molecule has 0 fully saturated rings. The molecule has 1 amide bonds. The second-order valence-corrected chi connectivity index (χ2v) is 5.49. The molecule has 0 aromatic heterocycles. The predicted octanol–water partition coefficient (Wildman–Crippen LogP) is 3.82. The van der Waals surface area contributed by atoms with E-state index in [0.717, 1.165) is 23.3 Å². The van der Waals surface area contributed by atoms with Crippen molar-refractivity contribution in [2.45, 2.75) is 20.0 Å². The third kappa shape index (κ3) is 7.23. The van der Waals surface area contributed by atoms with Gasteiger partial charge in [0.25, 0.3) is 0 Å². The fourth-order valence-corrected chi connectivity index (χ4v) is 2.28. The minimum atomic E-state index is -0.116. The van der Waals surface area contributed by atoms with Crippen molar-refractivity contribution < 1.29 is 14.3 Å². The summed E-state index contributed by atoms with van der Waals surface area (Å²) in [6.07, 6.45) is 4.08. The molecule has 2 aromatic rings. The lowest BCUT2D eigenvalue weighted by Gasteiger charge is -2.06. The number of carbonyl (C=O) groups is 1. The smallest absolute Gasteiger partial charge is 0.244 e. The Balaban J connectivity index is 1.64. The molecular formula is C21H25NO3. The van der Waals surface area contributed by atoms with Crippen LogP contribution in [-0.2, 0) is 16.1 Å². The number of carbonyl (C=O) groups excluding carboxylic acids is 1. The number of rotatable bonds is 10. The summed E-state index contributed by atoms with van der Waals surface area (Å²) in [4.78, 5) is 11.9. The lowest BCUT2D eigenvalue weighted by Crippen LogP contribution is -2.23. The van der Waals surface area contributed by atoms with Gasteiger partial charge in [0.15, 0.2) is 0 Å². The maximum Gasteiger partial charge on any atom is 0.244 e. The van der Waals surface area contributed by atoms with Gasteiger partial charge in [-0.3, -0.25) is 4.79 Å². The molecule has 0 spiro atoms. The van der Waals surface area contributed by atoms with Gasteiger partial charge in [0, 0.05) is 24.8 Å². The van der Waals surface area contributed by atoms with Gasteiger partial charge >= 0.3 is 0 Å². The third-order valence-corrected chi connectivity index (χ3v) is 3.51. The van der Waals surface area contributed by atoms with Gasteiger partial charge in [-0.05, 0) is 31.1 Å². The molecule has 0 bridgehead atoms. The van der Waals surface area contributed by atoms with Crippen molar-refractivity contribution in [3.8, 4) is 5.75 Å². The summed E-state index contributed by atoms with van der Waals surface area (Å²) >= 11 is 0. The minimum absolute atomic E-state index is 0.116. The van der Waals surface area contributed by atoms with Crippen LogP contribution in [0.2, 0.25) is 0 Å². The van der Waals surface area contributed by atoms with Crippen molar-refractivity contribution in [3.63, 3.8) is 0 Å². The van der Waals surface area contributed by atoms with Gasteiger partial charge in [-0.25, -0.2) is 0 Å². The van der Waals surface area contributed by atoms with Gasteiger partial charge in [0.2, 0.25) is 5.91 Å². The van der Waals surface area contributed by atoms with E-state index >= 15 is 0 Å². The molecule has 0 aliphatic rings. The standard InChI is InChI=1S/C21H25NO3/c1-2-25-20-12-7-6-11-19(20)13-14-21(23)22-15-8-16-24-17-18-9-4-3-5-10-18/h3-7,9-14H,2,8,15-17H2,1H3,(H,22,23)/b14-13+. The molecule has 0 atom stereocenters. The highest BCUT2D eigenvalue weighted by Gasteiger charge is 2.00. The zero-order valence-electron chi connectivity index (χ0n) is 14.6. The first kappa shape index (κ1) is 18.7. The van der Waals surface area contributed by atoms with Crippen LogP contribution in [-0.4, -0.2) is 25.7 Å². The van der Waals surface area contributed by atoms with Crippen LogP contribution in [0.4, 0.5) is 0 Å². The Hall–Kier alpha value is -2.59. The summed E-state index contributed by atoms with van der Waals surface area (Å²) in [6, 6.07) is 17.7. The summed E-state index contributed by atoms with van der Waals surface area (Å²) in [5, 5.41) is 2.86. The van der Waals surface area contributed by atoms with Crippen LogP contribution in [0.25, 0.3) is 6.08 Å². The molecule has 25 heavy (non-hydrogen) atoms. The van der Waals surface area contributed by atoms with Gasteiger partial charge in [-0.1, -0.05) is 48.5 Å². The Kier molecular flexibility index (Phi) is 8.29. The molecule has 0 saturated carbocycles. The van der Waals surface area contributed by atoms with Crippen molar-refractivity contribution >= 4 is 12.0 Å². The lowest BCUT2D eigenvalue weighted by molar-refractivity contribution is -0.116. The monoisotopic (exact) mass is 339 g/mol. The molecule has 132 valence electrons. The largest absolute Gasteiger partial charge is 0.493 e. The van der Waals surface area contributed by atoms with Crippen LogP contribution >= 0.6 is 0 Å². The summed E-state index contributed by atoms with van der Waals surface area (Å²) in [6.45, 7) is 4.34. The molecular weight excluding hydrogens is 314 g/mol. The van der Waals surface area contributed by atoms with E-state index in [4.69, 9.17) is 9.47 Å². The van der Waals surface area contributed by atoms with E-state index in [1.807, 2.05) is 61.5 Å². The molecule has 0 saturated heterocycles. The number of hydrogen-bond donors (Lipinski definition) is 1. The van der Waals surface area contributed by atoms with Crippen LogP contribution in [0.3, 0.4) is 0 Å². The molecule has 4 nitrogen and oxygen atoms in total. The highest BCUT2D eigenvalue weighted by molar-refractivity contribution is 5.92. The van der Waals surface area contributed by atoms with E-state index in [9.17, 15) is 4.79 Å². The molecule has 1 N–H and O–H groups in total.